The Morgan fingerprint density at radius 2 is 1.45 bits per heavy atom. The molecule has 0 aliphatic heterocycles. The van der Waals surface area contributed by atoms with Crippen LogP contribution in [0, 0.1) is 5.82 Å². The Balaban J connectivity index is 2.99. The summed E-state index contributed by atoms with van der Waals surface area (Å²) in [4.78, 5) is 0. The van der Waals surface area contributed by atoms with Crippen molar-refractivity contribution in [2.45, 2.75) is 13.4 Å². The van der Waals surface area contributed by atoms with Gasteiger partial charge in [-0.15, -0.1) is 0 Å². The third kappa shape index (κ3) is 2.54. The molecule has 0 N–H and O–H groups in total. The first kappa shape index (κ1) is 9.16. The van der Waals surface area contributed by atoms with Crippen LogP contribution in [0.1, 0.15) is 0 Å². The van der Waals surface area contributed by atoms with E-state index >= 15 is 0 Å². The molecule has 0 aliphatic carbocycles. The van der Waals surface area contributed by atoms with Crippen molar-refractivity contribution in [3.8, 4) is 0 Å². The van der Waals surface area contributed by atoms with Crippen LogP contribution in [-0.4, -0.2) is 21.2 Å². The first-order valence-electron chi connectivity index (χ1n) is 3.76. The van der Waals surface area contributed by atoms with Crippen molar-refractivity contribution >= 4 is 24.3 Å². The van der Waals surface area contributed by atoms with E-state index in [0.29, 0.717) is 0 Å². The zero-order valence-electron chi connectivity index (χ0n) is 7.19. The van der Waals surface area contributed by atoms with Gasteiger partial charge in [-0.05, 0) is 0 Å². The van der Waals surface area contributed by atoms with Crippen molar-refractivity contribution in [3.63, 3.8) is 0 Å². The zero-order chi connectivity index (χ0) is 8.48. The van der Waals surface area contributed by atoms with E-state index in [-0.39, 0.29) is 5.82 Å². The van der Waals surface area contributed by atoms with Crippen LogP contribution in [0.25, 0.3) is 0 Å². The van der Waals surface area contributed by atoms with E-state index in [2.05, 4.69) is 13.4 Å². The monoisotopic (exact) mass is 348 g/mol. The van der Waals surface area contributed by atoms with E-state index in [9.17, 15) is 4.39 Å². The van der Waals surface area contributed by atoms with E-state index < -0.39 is 21.2 Å². The molecule has 0 amide bonds. The molecular formula is C9H13FPb. The summed E-state index contributed by atoms with van der Waals surface area (Å²) in [5.41, 5.74) is 0. The van der Waals surface area contributed by atoms with E-state index in [4.69, 9.17) is 0 Å². The normalized spacial score (nSPS) is 11.6. The molecule has 1 aromatic rings. The van der Waals surface area contributed by atoms with Crippen molar-refractivity contribution in [2.24, 2.45) is 0 Å². The summed E-state index contributed by atoms with van der Waals surface area (Å²) in [5, 5.41) is 0. The molecule has 0 fully saturated rings. The average molecular weight is 347 g/mol. The Morgan fingerprint density at radius 1 is 1.00 bits per heavy atom. The van der Waals surface area contributed by atoms with Crippen molar-refractivity contribution in [2.75, 3.05) is 0 Å². The molecule has 1 rings (SSSR count). The Kier molecular flexibility index (Phi) is 2.67. The van der Waals surface area contributed by atoms with Gasteiger partial charge in [0.05, 0.1) is 0 Å². The van der Waals surface area contributed by atoms with Gasteiger partial charge in [-0.2, -0.15) is 0 Å². The summed E-state index contributed by atoms with van der Waals surface area (Å²) >= 11 is -2.03. The Bertz CT molecular complexity index is 233. The summed E-state index contributed by atoms with van der Waals surface area (Å²) in [5.74, 6) is -0.133. The predicted molar refractivity (Wildman–Crippen MR) is 49.4 cm³/mol. The molecule has 0 aliphatic rings. The van der Waals surface area contributed by atoms with Crippen LogP contribution in [0.15, 0.2) is 24.3 Å². The number of hydrogen-bond donors (Lipinski definition) is 0. The standard InChI is InChI=1S/C6H4F.3CH3.Pb/c7-6-4-2-1-3-5-6;;;;/h2-5H;3*1H3;. The number of benzene rings is 1. The maximum atomic E-state index is 12.5. The molecule has 0 radical (unpaired) electrons. The molecule has 0 aromatic heterocycles. The molecule has 60 valence electrons. The molecule has 0 saturated heterocycles. The van der Waals surface area contributed by atoms with Gasteiger partial charge in [0, 0.05) is 0 Å². The van der Waals surface area contributed by atoms with Crippen LogP contribution in [0.3, 0.4) is 0 Å². The molecule has 0 atom stereocenters. The van der Waals surface area contributed by atoms with Gasteiger partial charge < -0.3 is 0 Å². The summed E-state index contributed by atoms with van der Waals surface area (Å²) in [6, 6.07) is 6.97. The molecule has 0 heterocycles. The molecule has 0 bridgehead atoms. The fraction of sp³-hybridized carbons (Fsp3) is 0.333. The Labute approximate surface area is 72.1 Å². The van der Waals surface area contributed by atoms with Crippen molar-refractivity contribution < 1.29 is 4.39 Å². The third-order valence-corrected chi connectivity index (χ3v) is 9.74. The molecular weight excluding hydrogens is 334 g/mol. The van der Waals surface area contributed by atoms with Crippen LogP contribution in [-0.2, 0) is 0 Å². The Hall–Kier alpha value is 0.0721. The summed E-state index contributed by atoms with van der Waals surface area (Å²) in [6.45, 7) is 0. The third-order valence-electron chi connectivity index (χ3n) is 1.71. The number of hydrogen-bond acceptors (Lipinski definition) is 0. The van der Waals surface area contributed by atoms with Crippen molar-refractivity contribution in [3.05, 3.63) is 30.1 Å². The zero-order valence-corrected chi connectivity index (χ0v) is 11.1. The molecule has 0 saturated carbocycles. The molecule has 0 nitrogen and oxygen atoms in total. The second-order valence-corrected chi connectivity index (χ2v) is 23.5. The van der Waals surface area contributed by atoms with Crippen molar-refractivity contribution in [1.29, 1.82) is 0 Å². The van der Waals surface area contributed by atoms with Gasteiger partial charge in [-0.25, -0.2) is 0 Å². The molecule has 1 aromatic carbocycles. The predicted octanol–water partition coefficient (Wildman–Crippen LogP) is 2.37. The summed E-state index contributed by atoms with van der Waals surface area (Å²) < 4.78 is 20.9. The maximum absolute atomic E-state index is 12.5. The second kappa shape index (κ2) is 3.21. The van der Waals surface area contributed by atoms with Crippen LogP contribution < -0.4 is 3.12 Å². The first-order chi connectivity index (χ1) is 5.00. The molecule has 0 spiro atoms. The number of rotatable bonds is 1. The van der Waals surface area contributed by atoms with Gasteiger partial charge in [0.1, 0.15) is 0 Å². The van der Waals surface area contributed by atoms with Crippen LogP contribution in [0.4, 0.5) is 4.39 Å². The van der Waals surface area contributed by atoms with E-state index in [1.54, 1.807) is 12.1 Å². The topological polar surface area (TPSA) is 0 Å². The van der Waals surface area contributed by atoms with Crippen molar-refractivity contribution in [1.82, 2.24) is 0 Å². The van der Waals surface area contributed by atoms with Gasteiger partial charge in [0.2, 0.25) is 0 Å². The summed E-state index contributed by atoms with van der Waals surface area (Å²) in [6.07, 6.45) is 0. The molecule has 11 heavy (non-hydrogen) atoms. The van der Waals surface area contributed by atoms with E-state index in [1.165, 1.54) is 3.12 Å². The SMILES string of the molecule is [CH3][Pb]([CH3])([CH3])[c]1ccc(F)cc1. The fourth-order valence-corrected chi connectivity index (χ4v) is 5.49. The minimum absolute atomic E-state index is 0.133. The Morgan fingerprint density at radius 3 is 1.82 bits per heavy atom. The summed E-state index contributed by atoms with van der Waals surface area (Å²) in [7, 11) is 0. The molecule has 2 heteroatoms. The fourth-order valence-electron chi connectivity index (χ4n) is 0.950. The van der Waals surface area contributed by atoms with Gasteiger partial charge in [-0.1, -0.05) is 0 Å². The quantitative estimate of drug-likeness (QED) is 0.685. The van der Waals surface area contributed by atoms with Crippen LogP contribution >= 0.6 is 0 Å². The van der Waals surface area contributed by atoms with E-state index in [1.807, 2.05) is 12.1 Å². The van der Waals surface area contributed by atoms with Gasteiger partial charge in [0.15, 0.2) is 0 Å². The van der Waals surface area contributed by atoms with Gasteiger partial charge in [0.25, 0.3) is 0 Å². The van der Waals surface area contributed by atoms with Gasteiger partial charge in [-0.3, -0.25) is 0 Å². The average Bonchev–Trinajstić information content (AvgIpc) is 1.86. The van der Waals surface area contributed by atoms with E-state index in [0.717, 1.165) is 0 Å². The van der Waals surface area contributed by atoms with Gasteiger partial charge >= 0.3 is 72.2 Å². The first-order valence-corrected chi connectivity index (χ1v) is 17.4. The number of halogens is 1. The van der Waals surface area contributed by atoms with Crippen LogP contribution in [0.5, 0.6) is 0 Å². The second-order valence-electron chi connectivity index (χ2n) is 3.76. The minimum atomic E-state index is -2.03. The molecule has 0 unspecified atom stereocenters. The van der Waals surface area contributed by atoms with Crippen LogP contribution in [0.2, 0.25) is 13.4 Å².